The molecular weight excluding hydrogens is 232 g/mol. The molecular formula is C13H26N2O3. The molecule has 5 heteroatoms. The highest BCUT2D eigenvalue weighted by Crippen LogP contribution is 2.00. The number of morpholine rings is 1. The molecule has 0 saturated carbocycles. The van der Waals surface area contributed by atoms with Gasteiger partial charge in [0, 0.05) is 26.2 Å². The fraction of sp³-hybridized carbons (Fsp3) is 0.923. The van der Waals surface area contributed by atoms with E-state index in [1.807, 2.05) is 11.8 Å². The fourth-order valence-electron chi connectivity index (χ4n) is 1.81. The third-order valence-corrected chi connectivity index (χ3v) is 2.84. The summed E-state index contributed by atoms with van der Waals surface area (Å²) in [6.45, 7) is 11.0. The van der Waals surface area contributed by atoms with Gasteiger partial charge in [0.05, 0.1) is 25.9 Å². The molecule has 0 aromatic rings. The van der Waals surface area contributed by atoms with E-state index in [4.69, 9.17) is 9.47 Å². The van der Waals surface area contributed by atoms with Crippen LogP contribution in [0.5, 0.6) is 0 Å². The number of nitrogens with one attached hydrogen (secondary N) is 1. The second kappa shape index (κ2) is 8.45. The van der Waals surface area contributed by atoms with Crippen molar-refractivity contribution in [2.45, 2.75) is 26.8 Å². The molecule has 1 N–H and O–H groups in total. The van der Waals surface area contributed by atoms with Crippen molar-refractivity contribution < 1.29 is 14.3 Å². The minimum absolute atomic E-state index is 0.147. The van der Waals surface area contributed by atoms with Gasteiger partial charge in [0.2, 0.25) is 5.91 Å². The average molecular weight is 258 g/mol. The highest BCUT2D eigenvalue weighted by Gasteiger charge is 2.21. The van der Waals surface area contributed by atoms with Gasteiger partial charge in [-0.25, -0.2) is 0 Å². The van der Waals surface area contributed by atoms with Crippen molar-refractivity contribution in [1.29, 1.82) is 0 Å². The molecule has 1 fully saturated rings. The van der Waals surface area contributed by atoms with Crippen molar-refractivity contribution in [1.82, 2.24) is 10.2 Å². The Morgan fingerprint density at radius 1 is 1.33 bits per heavy atom. The Bertz CT molecular complexity index is 240. The van der Waals surface area contributed by atoms with Crippen LogP contribution in [0.2, 0.25) is 0 Å². The van der Waals surface area contributed by atoms with Crippen molar-refractivity contribution in [2.75, 3.05) is 46.1 Å². The summed E-state index contributed by atoms with van der Waals surface area (Å²) in [5.74, 6) is 0.708. The summed E-state index contributed by atoms with van der Waals surface area (Å²) in [6, 6.07) is -0.147. The van der Waals surface area contributed by atoms with E-state index in [-0.39, 0.29) is 11.9 Å². The van der Waals surface area contributed by atoms with E-state index < -0.39 is 0 Å². The van der Waals surface area contributed by atoms with Gasteiger partial charge in [-0.2, -0.15) is 0 Å². The number of amides is 1. The molecule has 0 aromatic heterocycles. The predicted octanol–water partition coefficient (Wildman–Crippen LogP) is 0.496. The van der Waals surface area contributed by atoms with E-state index in [1.54, 1.807) is 0 Å². The van der Waals surface area contributed by atoms with Crippen LogP contribution in [-0.2, 0) is 14.3 Å². The van der Waals surface area contributed by atoms with Gasteiger partial charge >= 0.3 is 0 Å². The minimum Gasteiger partial charge on any atom is -0.380 e. The Hall–Kier alpha value is -0.650. The molecule has 1 unspecified atom stereocenters. The smallest absolute Gasteiger partial charge is 0.239 e. The van der Waals surface area contributed by atoms with Crippen LogP contribution >= 0.6 is 0 Å². The third kappa shape index (κ3) is 5.80. The van der Waals surface area contributed by atoms with Crippen LogP contribution in [0.15, 0.2) is 0 Å². The molecule has 18 heavy (non-hydrogen) atoms. The van der Waals surface area contributed by atoms with Crippen LogP contribution in [0, 0.1) is 5.92 Å². The normalized spacial score (nSPS) is 18.1. The number of ether oxygens (including phenoxy) is 2. The maximum absolute atomic E-state index is 12.0. The van der Waals surface area contributed by atoms with Crippen LogP contribution in [0.4, 0.5) is 0 Å². The average Bonchev–Trinajstić information content (AvgIpc) is 2.38. The molecule has 5 nitrogen and oxygen atoms in total. The van der Waals surface area contributed by atoms with Crippen LogP contribution in [0.25, 0.3) is 0 Å². The maximum Gasteiger partial charge on any atom is 0.239 e. The van der Waals surface area contributed by atoms with Crippen LogP contribution in [0.1, 0.15) is 20.8 Å². The maximum atomic E-state index is 12.0. The first kappa shape index (κ1) is 15.4. The molecule has 1 saturated heterocycles. The van der Waals surface area contributed by atoms with Crippen molar-refractivity contribution in [3.8, 4) is 0 Å². The first-order chi connectivity index (χ1) is 8.61. The van der Waals surface area contributed by atoms with Gasteiger partial charge in [0.1, 0.15) is 0 Å². The number of carbonyl (C=O) groups excluding carboxylic acids is 1. The SMILES string of the molecule is CC(C)COCCNC(C)C(=O)N1CCOCC1. The molecule has 0 aliphatic carbocycles. The molecule has 1 aliphatic rings. The Morgan fingerprint density at radius 2 is 2.00 bits per heavy atom. The lowest BCUT2D eigenvalue weighted by atomic mass is 10.2. The van der Waals surface area contributed by atoms with Gasteiger partial charge < -0.3 is 19.7 Å². The summed E-state index contributed by atoms with van der Waals surface area (Å²) in [4.78, 5) is 13.9. The van der Waals surface area contributed by atoms with Gasteiger partial charge in [0.15, 0.2) is 0 Å². The van der Waals surface area contributed by atoms with Gasteiger partial charge in [-0.1, -0.05) is 13.8 Å². The first-order valence-electron chi connectivity index (χ1n) is 6.79. The summed E-state index contributed by atoms with van der Waals surface area (Å²) >= 11 is 0. The number of hydrogen-bond donors (Lipinski definition) is 1. The van der Waals surface area contributed by atoms with Gasteiger partial charge in [-0.15, -0.1) is 0 Å². The zero-order valence-electron chi connectivity index (χ0n) is 11.8. The number of carbonyl (C=O) groups is 1. The summed E-state index contributed by atoms with van der Waals surface area (Å²) in [7, 11) is 0. The van der Waals surface area contributed by atoms with Crippen molar-refractivity contribution in [3.63, 3.8) is 0 Å². The van der Waals surface area contributed by atoms with E-state index in [9.17, 15) is 4.79 Å². The highest BCUT2D eigenvalue weighted by atomic mass is 16.5. The largest absolute Gasteiger partial charge is 0.380 e. The summed E-state index contributed by atoms with van der Waals surface area (Å²) < 4.78 is 10.7. The first-order valence-corrected chi connectivity index (χ1v) is 6.79. The zero-order valence-corrected chi connectivity index (χ0v) is 11.8. The van der Waals surface area contributed by atoms with Crippen molar-refractivity contribution >= 4 is 5.91 Å². The lowest BCUT2D eigenvalue weighted by molar-refractivity contribution is -0.137. The van der Waals surface area contributed by atoms with E-state index in [0.717, 1.165) is 6.61 Å². The van der Waals surface area contributed by atoms with E-state index in [2.05, 4.69) is 19.2 Å². The predicted molar refractivity (Wildman–Crippen MR) is 70.5 cm³/mol. The Balaban J connectivity index is 2.11. The minimum atomic E-state index is -0.147. The van der Waals surface area contributed by atoms with E-state index in [1.165, 1.54) is 0 Å². The summed E-state index contributed by atoms with van der Waals surface area (Å²) in [5.41, 5.74) is 0. The molecule has 0 radical (unpaired) electrons. The Kier molecular flexibility index (Phi) is 7.23. The number of nitrogens with zero attached hydrogens (tertiary/aromatic N) is 1. The van der Waals surface area contributed by atoms with Gasteiger partial charge in [-0.05, 0) is 12.8 Å². The Morgan fingerprint density at radius 3 is 2.61 bits per heavy atom. The number of rotatable bonds is 7. The van der Waals surface area contributed by atoms with Crippen molar-refractivity contribution in [2.24, 2.45) is 5.92 Å². The second-order valence-corrected chi connectivity index (χ2v) is 5.08. The number of hydrogen-bond acceptors (Lipinski definition) is 4. The molecule has 106 valence electrons. The van der Waals surface area contributed by atoms with E-state index in [0.29, 0.717) is 45.4 Å². The molecule has 1 atom stereocenters. The zero-order chi connectivity index (χ0) is 13.4. The van der Waals surface area contributed by atoms with E-state index >= 15 is 0 Å². The lowest BCUT2D eigenvalue weighted by Gasteiger charge is -2.29. The molecule has 0 bridgehead atoms. The summed E-state index contributed by atoms with van der Waals surface area (Å²) in [6.07, 6.45) is 0. The fourth-order valence-corrected chi connectivity index (χ4v) is 1.81. The van der Waals surface area contributed by atoms with Crippen LogP contribution in [0.3, 0.4) is 0 Å². The van der Waals surface area contributed by atoms with Gasteiger partial charge in [0.25, 0.3) is 0 Å². The van der Waals surface area contributed by atoms with Crippen molar-refractivity contribution in [3.05, 3.63) is 0 Å². The molecule has 0 spiro atoms. The topological polar surface area (TPSA) is 50.8 Å². The lowest BCUT2D eigenvalue weighted by Crippen LogP contribution is -2.49. The molecule has 0 aromatic carbocycles. The third-order valence-electron chi connectivity index (χ3n) is 2.84. The Labute approximate surface area is 110 Å². The molecule has 1 aliphatic heterocycles. The standard InChI is InChI=1S/C13H26N2O3/c1-11(2)10-18-7-4-14-12(3)13(16)15-5-8-17-9-6-15/h11-12,14H,4-10H2,1-3H3. The second-order valence-electron chi connectivity index (χ2n) is 5.08. The van der Waals surface area contributed by atoms with Gasteiger partial charge in [-0.3, -0.25) is 4.79 Å². The van der Waals surface area contributed by atoms with Crippen LogP contribution in [-0.4, -0.2) is 62.9 Å². The molecule has 1 heterocycles. The quantitative estimate of drug-likeness (QED) is 0.676. The highest BCUT2D eigenvalue weighted by molar-refractivity contribution is 5.81. The molecule has 1 amide bonds. The monoisotopic (exact) mass is 258 g/mol. The van der Waals surface area contributed by atoms with Crippen LogP contribution < -0.4 is 5.32 Å². The molecule has 1 rings (SSSR count). The summed E-state index contributed by atoms with van der Waals surface area (Å²) in [5, 5.41) is 3.20.